The highest BCUT2D eigenvalue weighted by Gasteiger charge is 2.47. The monoisotopic (exact) mass is 293 g/mol. The molecule has 2 aliphatic rings. The van der Waals surface area contributed by atoms with Gasteiger partial charge in [-0.2, -0.15) is 0 Å². The van der Waals surface area contributed by atoms with Crippen LogP contribution in [0.3, 0.4) is 0 Å². The highest BCUT2D eigenvalue weighted by molar-refractivity contribution is 6.05. The summed E-state index contributed by atoms with van der Waals surface area (Å²) in [7, 11) is 1.74. The van der Waals surface area contributed by atoms with E-state index in [1.165, 1.54) is 4.90 Å². The van der Waals surface area contributed by atoms with Gasteiger partial charge in [0.05, 0.1) is 25.0 Å². The van der Waals surface area contributed by atoms with Crippen LogP contribution < -0.4 is 5.32 Å². The van der Waals surface area contributed by atoms with Gasteiger partial charge in [0, 0.05) is 6.54 Å². The lowest BCUT2D eigenvalue weighted by molar-refractivity contribution is -0.143. The van der Waals surface area contributed by atoms with Gasteiger partial charge in [-0.05, 0) is 26.3 Å². The zero-order valence-electron chi connectivity index (χ0n) is 12.7. The van der Waals surface area contributed by atoms with Gasteiger partial charge in [0.15, 0.2) is 0 Å². The highest BCUT2D eigenvalue weighted by atomic mass is 16.2. The molecular formula is C15H23N3O3. The first kappa shape index (κ1) is 15.7. The second kappa shape index (κ2) is 6.85. The number of nitrogens with one attached hydrogen (secondary N) is 1. The van der Waals surface area contributed by atoms with Gasteiger partial charge in [-0.3, -0.25) is 24.2 Å². The van der Waals surface area contributed by atoms with Crippen LogP contribution in [0.4, 0.5) is 0 Å². The van der Waals surface area contributed by atoms with Crippen molar-refractivity contribution in [1.29, 1.82) is 0 Å². The fourth-order valence-corrected chi connectivity index (χ4v) is 2.87. The minimum absolute atomic E-state index is 0.0856. The summed E-state index contributed by atoms with van der Waals surface area (Å²) in [6.45, 7) is 3.00. The molecule has 0 unspecified atom stereocenters. The summed E-state index contributed by atoms with van der Waals surface area (Å²) in [5, 5.41) is 2.78. The van der Waals surface area contributed by atoms with Crippen molar-refractivity contribution in [3.63, 3.8) is 0 Å². The first-order valence-corrected chi connectivity index (χ1v) is 7.50. The Morgan fingerprint density at radius 2 is 1.86 bits per heavy atom. The van der Waals surface area contributed by atoms with Gasteiger partial charge in [0.25, 0.3) is 0 Å². The summed E-state index contributed by atoms with van der Waals surface area (Å²) in [4.78, 5) is 39.2. The fraction of sp³-hybridized carbons (Fsp3) is 0.667. The van der Waals surface area contributed by atoms with E-state index in [2.05, 4.69) is 5.32 Å². The number of carbonyl (C=O) groups is 3. The Morgan fingerprint density at radius 3 is 2.38 bits per heavy atom. The average Bonchev–Trinajstić information content (AvgIpc) is 2.71. The number of fused-ring (bicyclic) bond motifs is 1. The van der Waals surface area contributed by atoms with E-state index in [9.17, 15) is 14.4 Å². The predicted octanol–water partition coefficient (Wildman–Crippen LogP) is 0.353. The smallest absolute Gasteiger partial charge is 0.234 e. The van der Waals surface area contributed by atoms with Crippen LogP contribution >= 0.6 is 0 Å². The van der Waals surface area contributed by atoms with Crippen molar-refractivity contribution < 1.29 is 14.4 Å². The Morgan fingerprint density at radius 1 is 1.29 bits per heavy atom. The Balaban J connectivity index is 1.89. The fourth-order valence-electron chi connectivity index (χ4n) is 2.87. The Hall–Kier alpha value is -1.69. The molecule has 1 heterocycles. The molecule has 116 valence electrons. The van der Waals surface area contributed by atoms with Crippen LogP contribution in [0, 0.1) is 11.8 Å². The molecule has 0 radical (unpaired) electrons. The maximum atomic E-state index is 12.3. The van der Waals surface area contributed by atoms with E-state index in [4.69, 9.17) is 0 Å². The molecule has 6 heteroatoms. The van der Waals surface area contributed by atoms with Crippen molar-refractivity contribution in [2.75, 3.05) is 26.8 Å². The standard InChI is InChI=1S/C15H23N3O3/c1-3-8-16-13(19)9-17(2)10-18-14(20)11-6-4-5-7-12(11)15(18)21/h4-5,11-12H,3,6-10H2,1-2H3,(H,16,19)/t11-,12+. The zero-order chi connectivity index (χ0) is 15.4. The molecule has 1 N–H and O–H groups in total. The zero-order valence-corrected chi connectivity index (χ0v) is 12.7. The quantitative estimate of drug-likeness (QED) is 0.567. The molecule has 1 fully saturated rings. The van der Waals surface area contributed by atoms with Gasteiger partial charge in [-0.25, -0.2) is 0 Å². The van der Waals surface area contributed by atoms with Crippen LogP contribution in [0.2, 0.25) is 0 Å². The summed E-state index contributed by atoms with van der Waals surface area (Å²) in [6, 6.07) is 0. The number of likely N-dealkylation sites (tertiary alicyclic amines) is 1. The summed E-state index contributed by atoms with van der Waals surface area (Å²) < 4.78 is 0. The number of amides is 3. The number of rotatable bonds is 6. The minimum Gasteiger partial charge on any atom is -0.355 e. The molecule has 0 saturated carbocycles. The lowest BCUT2D eigenvalue weighted by atomic mass is 9.85. The minimum atomic E-state index is -0.204. The number of imide groups is 1. The van der Waals surface area contributed by atoms with Crippen LogP contribution in [-0.4, -0.2) is 54.3 Å². The van der Waals surface area contributed by atoms with E-state index in [0.29, 0.717) is 19.4 Å². The summed E-state index contributed by atoms with van der Waals surface area (Å²) in [5.74, 6) is -0.697. The van der Waals surface area contributed by atoms with Crippen LogP contribution in [-0.2, 0) is 14.4 Å². The van der Waals surface area contributed by atoms with E-state index in [1.807, 2.05) is 19.1 Å². The summed E-state index contributed by atoms with van der Waals surface area (Å²) in [5.41, 5.74) is 0. The average molecular weight is 293 g/mol. The first-order chi connectivity index (χ1) is 10.0. The van der Waals surface area contributed by atoms with Crippen LogP contribution in [0.5, 0.6) is 0 Å². The predicted molar refractivity (Wildman–Crippen MR) is 78.0 cm³/mol. The van der Waals surface area contributed by atoms with Gasteiger partial charge in [0.2, 0.25) is 17.7 Å². The number of likely N-dealkylation sites (N-methyl/N-ethyl adjacent to an activating group) is 1. The molecule has 1 aliphatic heterocycles. The van der Waals surface area contributed by atoms with Crippen molar-refractivity contribution in [1.82, 2.24) is 15.1 Å². The Kier molecular flexibility index (Phi) is 5.12. The molecular weight excluding hydrogens is 270 g/mol. The first-order valence-electron chi connectivity index (χ1n) is 7.50. The lowest BCUT2D eigenvalue weighted by Gasteiger charge is -2.22. The Bertz CT molecular complexity index is 435. The maximum Gasteiger partial charge on any atom is 0.234 e. The summed E-state index contributed by atoms with van der Waals surface area (Å²) in [6.07, 6.45) is 6.11. The molecule has 1 aliphatic carbocycles. The number of carbonyl (C=O) groups excluding carboxylic acids is 3. The van der Waals surface area contributed by atoms with E-state index in [1.54, 1.807) is 11.9 Å². The summed E-state index contributed by atoms with van der Waals surface area (Å²) >= 11 is 0. The van der Waals surface area contributed by atoms with Crippen LogP contribution in [0.25, 0.3) is 0 Å². The SMILES string of the molecule is CCCNC(=O)CN(C)CN1C(=O)[C@H]2CC=CC[C@H]2C1=O. The van der Waals surface area contributed by atoms with Crippen LogP contribution in [0.1, 0.15) is 26.2 Å². The molecule has 0 spiro atoms. The number of hydrogen-bond donors (Lipinski definition) is 1. The molecule has 21 heavy (non-hydrogen) atoms. The third-order valence-corrected chi connectivity index (χ3v) is 3.97. The molecule has 0 aromatic heterocycles. The Labute approximate surface area is 125 Å². The van der Waals surface area contributed by atoms with Crippen molar-refractivity contribution in [2.45, 2.75) is 26.2 Å². The molecule has 2 rings (SSSR count). The molecule has 3 amide bonds. The molecule has 0 bridgehead atoms. The van der Waals surface area contributed by atoms with Gasteiger partial charge < -0.3 is 5.32 Å². The largest absolute Gasteiger partial charge is 0.355 e. The van der Waals surface area contributed by atoms with E-state index in [0.717, 1.165) is 6.42 Å². The van der Waals surface area contributed by atoms with Gasteiger partial charge in [-0.15, -0.1) is 0 Å². The molecule has 0 aromatic rings. The third kappa shape index (κ3) is 3.50. The normalized spacial score (nSPS) is 24.6. The second-order valence-electron chi connectivity index (χ2n) is 5.77. The third-order valence-electron chi connectivity index (χ3n) is 3.97. The van der Waals surface area contributed by atoms with Gasteiger partial charge in [-0.1, -0.05) is 19.1 Å². The number of nitrogens with zero attached hydrogens (tertiary/aromatic N) is 2. The number of hydrogen-bond acceptors (Lipinski definition) is 4. The maximum absolute atomic E-state index is 12.3. The van der Waals surface area contributed by atoms with Gasteiger partial charge >= 0.3 is 0 Å². The highest BCUT2D eigenvalue weighted by Crippen LogP contribution is 2.34. The van der Waals surface area contributed by atoms with Crippen molar-refractivity contribution in [2.24, 2.45) is 11.8 Å². The molecule has 6 nitrogen and oxygen atoms in total. The topological polar surface area (TPSA) is 69.7 Å². The number of allylic oxidation sites excluding steroid dienone is 2. The van der Waals surface area contributed by atoms with E-state index in [-0.39, 0.29) is 42.8 Å². The van der Waals surface area contributed by atoms with Crippen LogP contribution in [0.15, 0.2) is 12.2 Å². The molecule has 2 atom stereocenters. The lowest BCUT2D eigenvalue weighted by Crippen LogP contribution is -2.44. The second-order valence-corrected chi connectivity index (χ2v) is 5.77. The molecule has 0 aromatic carbocycles. The van der Waals surface area contributed by atoms with E-state index >= 15 is 0 Å². The van der Waals surface area contributed by atoms with Crippen molar-refractivity contribution >= 4 is 17.7 Å². The van der Waals surface area contributed by atoms with Crippen molar-refractivity contribution in [3.8, 4) is 0 Å². The van der Waals surface area contributed by atoms with Crippen molar-refractivity contribution in [3.05, 3.63) is 12.2 Å². The van der Waals surface area contributed by atoms with E-state index < -0.39 is 0 Å². The molecule has 1 saturated heterocycles. The van der Waals surface area contributed by atoms with Gasteiger partial charge in [0.1, 0.15) is 0 Å².